The number of alkyl halides is 2. The van der Waals surface area contributed by atoms with Gasteiger partial charge in [0.05, 0.1) is 18.3 Å². The van der Waals surface area contributed by atoms with Crippen LogP contribution in [0, 0.1) is 5.92 Å². The fraction of sp³-hybridized carbons (Fsp3) is 0.421. The molecule has 5 N–H and O–H groups in total. The smallest absolute Gasteiger partial charge is 0.291 e. The Morgan fingerprint density at radius 1 is 1.32 bits per heavy atom. The molecule has 168 valence electrons. The van der Waals surface area contributed by atoms with Gasteiger partial charge < -0.3 is 16.0 Å². The van der Waals surface area contributed by atoms with Gasteiger partial charge in [0.2, 0.25) is 5.91 Å². The fourth-order valence-electron chi connectivity index (χ4n) is 2.81. The molecule has 2 unspecified atom stereocenters. The van der Waals surface area contributed by atoms with Crippen molar-refractivity contribution in [3.63, 3.8) is 0 Å². The number of nitrogens with one attached hydrogen (secondary N) is 3. The molecule has 0 aromatic carbocycles. The molecule has 0 radical (unpaired) electrons. The molecule has 2 atom stereocenters. The number of H-pyrrole nitrogens is 1. The van der Waals surface area contributed by atoms with Crippen molar-refractivity contribution in [3.05, 3.63) is 30.2 Å². The van der Waals surface area contributed by atoms with Gasteiger partial charge in [0.15, 0.2) is 0 Å². The third-order valence-corrected chi connectivity index (χ3v) is 4.46. The topological polar surface area (TPSA) is 150 Å². The number of pyridine rings is 1. The highest BCUT2D eigenvalue weighted by Crippen LogP contribution is 2.14. The summed E-state index contributed by atoms with van der Waals surface area (Å²) >= 11 is 5.18. The number of hydrogen-bond donors (Lipinski definition) is 4. The van der Waals surface area contributed by atoms with Crippen LogP contribution in [0.25, 0.3) is 10.9 Å². The van der Waals surface area contributed by atoms with Crippen LogP contribution < -0.4 is 16.5 Å². The Balaban J connectivity index is 2.16. The maximum atomic E-state index is 13.3. The van der Waals surface area contributed by atoms with Crippen LogP contribution in [0.2, 0.25) is 0 Å². The van der Waals surface area contributed by atoms with Crippen LogP contribution in [-0.4, -0.2) is 56.8 Å². The first-order chi connectivity index (χ1) is 14.6. The molecule has 4 amide bonds. The summed E-state index contributed by atoms with van der Waals surface area (Å²) in [7, 11) is 0. The largest absolute Gasteiger partial charge is 0.370 e. The Hall–Kier alpha value is -3.21. The molecular formula is C19H24ClFN6O4. The Bertz CT molecular complexity index is 931. The van der Waals surface area contributed by atoms with Crippen molar-refractivity contribution in [3.8, 4) is 0 Å². The number of carbonyl (C=O) groups is 4. The average molecular weight is 455 g/mol. The van der Waals surface area contributed by atoms with Crippen LogP contribution in [0.3, 0.4) is 0 Å². The van der Waals surface area contributed by atoms with Gasteiger partial charge in [0.25, 0.3) is 23.4 Å². The third kappa shape index (κ3) is 6.92. The molecule has 0 saturated heterocycles. The number of nitrogens with two attached hydrogens (primary N) is 1. The van der Waals surface area contributed by atoms with Crippen LogP contribution in [0.15, 0.2) is 24.5 Å². The summed E-state index contributed by atoms with van der Waals surface area (Å²) in [5, 5.41) is 3.95. The summed E-state index contributed by atoms with van der Waals surface area (Å²) in [5.74, 6) is -3.33. The Labute approximate surface area is 182 Å². The number of aromatic nitrogens is 2. The zero-order chi connectivity index (χ0) is 23.1. The number of hydrazine groups is 1. The molecule has 2 rings (SSSR count). The van der Waals surface area contributed by atoms with Gasteiger partial charge in [-0.2, -0.15) is 0 Å². The van der Waals surface area contributed by atoms with E-state index in [4.69, 9.17) is 17.3 Å². The summed E-state index contributed by atoms with van der Waals surface area (Å²) in [6.07, 6.45) is 3.06. The molecule has 0 aliphatic rings. The predicted octanol–water partition coefficient (Wildman–Crippen LogP) is 0.977. The van der Waals surface area contributed by atoms with Crippen molar-refractivity contribution in [1.82, 2.24) is 25.7 Å². The van der Waals surface area contributed by atoms with E-state index in [0.717, 1.165) is 5.39 Å². The van der Waals surface area contributed by atoms with Crippen LogP contribution in [-0.2, 0) is 14.4 Å². The molecule has 0 bridgehead atoms. The summed E-state index contributed by atoms with van der Waals surface area (Å²) < 4.78 is 13.3. The number of carbonyl (C=O) groups excluding carboxylic acids is 4. The number of aromatic amines is 1. The van der Waals surface area contributed by atoms with Crippen molar-refractivity contribution in [2.24, 2.45) is 11.7 Å². The van der Waals surface area contributed by atoms with Crippen LogP contribution in [0.1, 0.15) is 37.2 Å². The maximum absolute atomic E-state index is 13.3. The van der Waals surface area contributed by atoms with Gasteiger partial charge in [-0.05, 0) is 24.5 Å². The maximum Gasteiger partial charge on any atom is 0.291 e. The lowest BCUT2D eigenvalue weighted by atomic mass is 10.0. The summed E-state index contributed by atoms with van der Waals surface area (Å²) in [6.45, 7) is 3.31. The van der Waals surface area contributed by atoms with Crippen LogP contribution in [0.4, 0.5) is 4.39 Å². The fourth-order valence-corrected chi connectivity index (χ4v) is 2.92. The van der Waals surface area contributed by atoms with Crippen LogP contribution >= 0.6 is 11.6 Å². The van der Waals surface area contributed by atoms with E-state index in [1.54, 1.807) is 24.5 Å². The minimum absolute atomic E-state index is 0.000291. The molecule has 2 aromatic rings. The van der Waals surface area contributed by atoms with E-state index in [0.29, 0.717) is 10.5 Å². The van der Waals surface area contributed by atoms with Gasteiger partial charge in [-0.3, -0.25) is 29.6 Å². The van der Waals surface area contributed by atoms with Crippen molar-refractivity contribution >= 4 is 46.1 Å². The molecule has 2 aromatic heterocycles. The molecule has 2 heterocycles. The zero-order valence-electron chi connectivity index (χ0n) is 17.0. The molecule has 10 nitrogen and oxygen atoms in total. The normalized spacial score (nSPS) is 12.9. The van der Waals surface area contributed by atoms with Crippen molar-refractivity contribution in [2.45, 2.75) is 38.4 Å². The number of nitrogens with zero attached hydrogens (tertiary/aromatic N) is 2. The second-order valence-electron chi connectivity index (χ2n) is 7.28. The summed E-state index contributed by atoms with van der Waals surface area (Å²) in [4.78, 5) is 55.3. The highest BCUT2D eigenvalue weighted by Gasteiger charge is 2.29. The Morgan fingerprint density at radius 3 is 2.61 bits per heavy atom. The minimum atomic E-state index is -2.42. The highest BCUT2D eigenvalue weighted by molar-refractivity contribution is 6.29. The van der Waals surface area contributed by atoms with Gasteiger partial charge >= 0.3 is 0 Å². The number of primary amides is 1. The minimum Gasteiger partial charge on any atom is -0.370 e. The van der Waals surface area contributed by atoms with Crippen molar-refractivity contribution in [1.29, 1.82) is 0 Å². The lowest BCUT2D eigenvalue weighted by Crippen LogP contribution is -2.56. The molecule has 0 aliphatic carbocycles. The molecule has 0 saturated carbocycles. The number of rotatable bonds is 9. The summed E-state index contributed by atoms with van der Waals surface area (Å²) in [6, 6.07) is 2.29. The molecule has 31 heavy (non-hydrogen) atoms. The molecule has 12 heteroatoms. The standard InChI is InChI=1S/C19H24ClFN6O4/c1-10(2)7-12(18(30)26-27(6-4-15(22)28)19(31)16(20)21)25-17(29)13-8-11-3-5-23-9-14(11)24-13/h3,5,8-10,12,16,24H,4,6-7H2,1-2H3,(H2,22,28)(H,25,29)(H,26,30). The predicted molar refractivity (Wildman–Crippen MR) is 111 cm³/mol. The number of amides is 4. The van der Waals surface area contributed by atoms with Crippen LogP contribution in [0.5, 0.6) is 0 Å². The molecule has 0 aliphatic heterocycles. The quantitative estimate of drug-likeness (QED) is 0.329. The SMILES string of the molecule is CC(C)CC(NC(=O)c1cc2ccncc2[nH]1)C(=O)NN(CCC(N)=O)C(=O)C(F)Cl. The lowest BCUT2D eigenvalue weighted by molar-refractivity contribution is -0.144. The van der Waals surface area contributed by atoms with E-state index >= 15 is 0 Å². The van der Waals surface area contributed by atoms with E-state index < -0.39 is 35.3 Å². The van der Waals surface area contributed by atoms with E-state index in [-0.39, 0.29) is 31.0 Å². The second-order valence-corrected chi connectivity index (χ2v) is 7.67. The first-order valence-corrected chi connectivity index (χ1v) is 9.94. The molecular weight excluding hydrogens is 431 g/mol. The Morgan fingerprint density at radius 2 is 2.03 bits per heavy atom. The van der Waals surface area contributed by atoms with Gasteiger partial charge in [-0.1, -0.05) is 25.4 Å². The highest BCUT2D eigenvalue weighted by atomic mass is 35.5. The number of hydrogen-bond acceptors (Lipinski definition) is 5. The van der Waals surface area contributed by atoms with E-state index in [2.05, 4.69) is 20.7 Å². The van der Waals surface area contributed by atoms with Gasteiger partial charge in [0.1, 0.15) is 11.7 Å². The van der Waals surface area contributed by atoms with Gasteiger partial charge in [-0.15, -0.1) is 0 Å². The van der Waals surface area contributed by atoms with E-state index in [1.165, 1.54) is 0 Å². The summed E-state index contributed by atoms with van der Waals surface area (Å²) in [5.41, 5.74) is 5.72. The van der Waals surface area contributed by atoms with E-state index in [1.807, 2.05) is 13.8 Å². The molecule has 0 fully saturated rings. The third-order valence-electron chi connectivity index (χ3n) is 4.28. The first-order valence-electron chi connectivity index (χ1n) is 9.50. The Kier molecular flexibility index (Phi) is 8.31. The first kappa shape index (κ1) is 24.1. The van der Waals surface area contributed by atoms with Gasteiger partial charge in [-0.25, -0.2) is 9.40 Å². The van der Waals surface area contributed by atoms with Crippen molar-refractivity contribution in [2.75, 3.05) is 6.54 Å². The van der Waals surface area contributed by atoms with Gasteiger partial charge in [0, 0.05) is 18.0 Å². The van der Waals surface area contributed by atoms with Crippen molar-refractivity contribution < 1.29 is 23.6 Å². The second kappa shape index (κ2) is 10.7. The molecule has 0 spiro atoms. The zero-order valence-corrected chi connectivity index (χ0v) is 17.8. The van der Waals surface area contributed by atoms with E-state index in [9.17, 15) is 23.6 Å². The average Bonchev–Trinajstić information content (AvgIpc) is 3.13. The lowest BCUT2D eigenvalue weighted by Gasteiger charge is -2.27. The monoisotopic (exact) mass is 454 g/mol. The number of halogens is 2. The number of fused-ring (bicyclic) bond motifs is 1.